The molecular formula is C12H19NO2S. The number of nitrogens with one attached hydrogen (secondary N) is 1. The van der Waals surface area contributed by atoms with Crippen LogP contribution in [0.25, 0.3) is 0 Å². The second-order valence-corrected chi connectivity index (χ2v) is 5.55. The van der Waals surface area contributed by atoms with Crippen LogP contribution in [0.4, 0.5) is 0 Å². The summed E-state index contributed by atoms with van der Waals surface area (Å²) in [5.74, 6) is -0.206. The molecule has 0 fully saturated rings. The van der Waals surface area contributed by atoms with Crippen LogP contribution in [0.15, 0.2) is 16.8 Å². The third-order valence-corrected chi connectivity index (χ3v) is 2.68. The number of hydrogen-bond donors (Lipinski definition) is 1. The first-order chi connectivity index (χ1) is 7.38. The molecule has 0 amide bonds. The molecule has 90 valence electrons. The maximum Gasteiger partial charge on any atom is 0.323 e. The van der Waals surface area contributed by atoms with Gasteiger partial charge in [0.25, 0.3) is 0 Å². The van der Waals surface area contributed by atoms with Crippen molar-refractivity contribution in [3.8, 4) is 0 Å². The summed E-state index contributed by atoms with van der Waals surface area (Å²) in [7, 11) is 0. The standard InChI is InChI=1S/C12H19NO2S/c1-9(11(14)15-12(2,3)4)13-7-10-5-6-16-8-10/h5-6,8-9,13H,7H2,1-4H3/t9-/m1/s1. The van der Waals surface area contributed by atoms with Gasteiger partial charge in [-0.3, -0.25) is 4.79 Å². The molecule has 0 unspecified atom stereocenters. The van der Waals surface area contributed by atoms with Gasteiger partial charge in [-0.25, -0.2) is 0 Å². The Morgan fingerprint density at radius 2 is 2.25 bits per heavy atom. The number of esters is 1. The van der Waals surface area contributed by atoms with Crippen LogP contribution >= 0.6 is 11.3 Å². The molecule has 0 aromatic carbocycles. The van der Waals surface area contributed by atoms with Gasteiger partial charge in [0.15, 0.2) is 0 Å². The highest BCUT2D eigenvalue weighted by Crippen LogP contribution is 2.09. The minimum Gasteiger partial charge on any atom is -0.459 e. The first-order valence-corrected chi connectivity index (χ1v) is 6.30. The molecule has 1 atom stereocenters. The van der Waals surface area contributed by atoms with Crippen LogP contribution < -0.4 is 5.32 Å². The highest BCUT2D eigenvalue weighted by molar-refractivity contribution is 7.07. The van der Waals surface area contributed by atoms with Gasteiger partial charge in [-0.2, -0.15) is 11.3 Å². The number of hydrogen-bond acceptors (Lipinski definition) is 4. The summed E-state index contributed by atoms with van der Waals surface area (Å²) in [6.07, 6.45) is 0. The van der Waals surface area contributed by atoms with E-state index < -0.39 is 5.60 Å². The molecule has 1 rings (SSSR count). The Morgan fingerprint density at radius 3 is 2.75 bits per heavy atom. The van der Waals surface area contributed by atoms with Crippen LogP contribution in [0.1, 0.15) is 33.3 Å². The third kappa shape index (κ3) is 4.77. The minimum atomic E-state index is -0.421. The van der Waals surface area contributed by atoms with E-state index in [1.54, 1.807) is 11.3 Å². The van der Waals surface area contributed by atoms with Crippen molar-refractivity contribution in [3.05, 3.63) is 22.4 Å². The van der Waals surface area contributed by atoms with E-state index in [1.165, 1.54) is 5.56 Å². The number of carbonyl (C=O) groups excluding carboxylic acids is 1. The molecule has 0 spiro atoms. The fourth-order valence-electron chi connectivity index (χ4n) is 1.14. The summed E-state index contributed by atoms with van der Waals surface area (Å²) < 4.78 is 5.27. The van der Waals surface area contributed by atoms with E-state index in [0.717, 1.165) is 0 Å². The first kappa shape index (κ1) is 13.2. The molecule has 0 aliphatic heterocycles. The highest BCUT2D eigenvalue weighted by atomic mass is 32.1. The Labute approximate surface area is 101 Å². The summed E-state index contributed by atoms with van der Waals surface area (Å²) in [5, 5.41) is 7.23. The molecule has 3 nitrogen and oxygen atoms in total. The number of ether oxygens (including phenoxy) is 1. The molecule has 0 bridgehead atoms. The summed E-state index contributed by atoms with van der Waals surface area (Å²) in [5.41, 5.74) is 0.774. The van der Waals surface area contributed by atoms with Gasteiger partial charge >= 0.3 is 5.97 Å². The van der Waals surface area contributed by atoms with Gasteiger partial charge in [0, 0.05) is 6.54 Å². The van der Waals surface area contributed by atoms with E-state index >= 15 is 0 Å². The third-order valence-electron chi connectivity index (χ3n) is 1.95. The summed E-state index contributed by atoms with van der Waals surface area (Å²) in [4.78, 5) is 11.6. The lowest BCUT2D eigenvalue weighted by Gasteiger charge is -2.22. The molecule has 0 aliphatic rings. The quantitative estimate of drug-likeness (QED) is 0.823. The monoisotopic (exact) mass is 241 g/mol. The van der Waals surface area contributed by atoms with E-state index in [-0.39, 0.29) is 12.0 Å². The molecule has 1 heterocycles. The molecule has 0 aliphatic carbocycles. The van der Waals surface area contributed by atoms with Crippen LogP contribution in [0.5, 0.6) is 0 Å². The average Bonchev–Trinajstić information content (AvgIpc) is 2.63. The van der Waals surface area contributed by atoms with Crippen molar-refractivity contribution in [2.75, 3.05) is 0 Å². The van der Waals surface area contributed by atoms with Crippen molar-refractivity contribution >= 4 is 17.3 Å². The fourth-order valence-corrected chi connectivity index (χ4v) is 1.81. The normalized spacial score (nSPS) is 13.5. The fraction of sp³-hybridized carbons (Fsp3) is 0.583. The van der Waals surface area contributed by atoms with Gasteiger partial charge in [0.05, 0.1) is 0 Å². The van der Waals surface area contributed by atoms with E-state index in [0.29, 0.717) is 6.54 Å². The zero-order valence-electron chi connectivity index (χ0n) is 10.2. The predicted molar refractivity (Wildman–Crippen MR) is 66.5 cm³/mol. The number of carbonyl (C=O) groups is 1. The van der Waals surface area contributed by atoms with Crippen LogP contribution in [0.2, 0.25) is 0 Å². The zero-order valence-corrected chi connectivity index (χ0v) is 11.1. The lowest BCUT2D eigenvalue weighted by molar-refractivity contribution is -0.157. The van der Waals surface area contributed by atoms with Crippen LogP contribution in [0, 0.1) is 0 Å². The summed E-state index contributed by atoms with van der Waals surface area (Å²) in [6, 6.07) is 1.76. The van der Waals surface area contributed by atoms with E-state index in [9.17, 15) is 4.79 Å². The molecule has 16 heavy (non-hydrogen) atoms. The topological polar surface area (TPSA) is 38.3 Å². The van der Waals surface area contributed by atoms with Crippen LogP contribution in [-0.4, -0.2) is 17.6 Å². The van der Waals surface area contributed by atoms with Gasteiger partial charge in [0.2, 0.25) is 0 Å². The van der Waals surface area contributed by atoms with Gasteiger partial charge < -0.3 is 10.1 Å². The molecule has 0 saturated heterocycles. The molecule has 4 heteroatoms. The second kappa shape index (κ2) is 5.46. The zero-order chi connectivity index (χ0) is 12.2. The Bertz CT molecular complexity index is 327. The summed E-state index contributed by atoms with van der Waals surface area (Å²) in [6.45, 7) is 8.13. The molecule has 0 saturated carbocycles. The van der Waals surface area contributed by atoms with E-state index in [2.05, 4.69) is 10.7 Å². The van der Waals surface area contributed by atoms with Gasteiger partial charge in [-0.05, 0) is 50.1 Å². The van der Waals surface area contributed by atoms with Gasteiger partial charge in [0.1, 0.15) is 11.6 Å². The van der Waals surface area contributed by atoms with Crippen molar-refractivity contribution in [3.63, 3.8) is 0 Å². The van der Waals surface area contributed by atoms with Crippen molar-refractivity contribution in [1.29, 1.82) is 0 Å². The van der Waals surface area contributed by atoms with Crippen molar-refractivity contribution < 1.29 is 9.53 Å². The van der Waals surface area contributed by atoms with Gasteiger partial charge in [-0.15, -0.1) is 0 Å². The minimum absolute atomic E-state index is 0.206. The molecule has 0 radical (unpaired) electrons. The van der Waals surface area contributed by atoms with E-state index in [1.807, 2.05) is 39.1 Å². The van der Waals surface area contributed by atoms with Crippen LogP contribution in [0.3, 0.4) is 0 Å². The van der Waals surface area contributed by atoms with Crippen molar-refractivity contribution in [2.45, 2.75) is 45.9 Å². The predicted octanol–water partition coefficient (Wildman–Crippen LogP) is 2.57. The molecule has 1 aromatic rings. The van der Waals surface area contributed by atoms with Crippen molar-refractivity contribution in [2.24, 2.45) is 0 Å². The SMILES string of the molecule is C[C@@H](NCc1ccsc1)C(=O)OC(C)(C)C. The smallest absolute Gasteiger partial charge is 0.323 e. The lowest BCUT2D eigenvalue weighted by Crippen LogP contribution is -2.38. The molecule has 1 aromatic heterocycles. The Morgan fingerprint density at radius 1 is 1.56 bits per heavy atom. The largest absolute Gasteiger partial charge is 0.459 e. The Balaban J connectivity index is 2.35. The Kier molecular flexibility index (Phi) is 4.50. The maximum absolute atomic E-state index is 11.6. The Hall–Kier alpha value is -0.870. The lowest BCUT2D eigenvalue weighted by atomic mass is 10.2. The molecular weight excluding hydrogens is 222 g/mol. The number of rotatable bonds is 4. The van der Waals surface area contributed by atoms with Crippen molar-refractivity contribution in [1.82, 2.24) is 5.32 Å². The highest BCUT2D eigenvalue weighted by Gasteiger charge is 2.21. The summed E-state index contributed by atoms with van der Waals surface area (Å²) >= 11 is 1.65. The first-order valence-electron chi connectivity index (χ1n) is 5.36. The number of thiophene rings is 1. The van der Waals surface area contributed by atoms with Gasteiger partial charge in [-0.1, -0.05) is 0 Å². The van der Waals surface area contributed by atoms with Crippen LogP contribution in [-0.2, 0) is 16.1 Å². The average molecular weight is 241 g/mol. The van der Waals surface area contributed by atoms with E-state index in [4.69, 9.17) is 4.74 Å². The maximum atomic E-state index is 11.6. The molecule has 1 N–H and O–H groups in total. The second-order valence-electron chi connectivity index (χ2n) is 4.77.